The van der Waals surface area contributed by atoms with Crippen molar-refractivity contribution in [2.45, 2.75) is 38.6 Å². The lowest BCUT2D eigenvalue weighted by Crippen LogP contribution is -2.51. The summed E-state index contributed by atoms with van der Waals surface area (Å²) in [7, 11) is 1.52. The van der Waals surface area contributed by atoms with Crippen molar-refractivity contribution >= 4 is 23.5 Å². The van der Waals surface area contributed by atoms with Crippen molar-refractivity contribution < 1.29 is 14.3 Å². The van der Waals surface area contributed by atoms with Crippen molar-refractivity contribution in [2.24, 2.45) is 0 Å². The Morgan fingerprint density at radius 3 is 3.00 bits per heavy atom. The molecule has 1 aromatic heterocycles. The molecule has 23 heavy (non-hydrogen) atoms. The molecule has 1 aromatic rings. The molecule has 8 heteroatoms. The summed E-state index contributed by atoms with van der Waals surface area (Å²) in [6.07, 6.45) is 3.22. The first-order chi connectivity index (χ1) is 11.1. The van der Waals surface area contributed by atoms with Gasteiger partial charge in [-0.25, -0.2) is 14.6 Å². The van der Waals surface area contributed by atoms with Gasteiger partial charge in [-0.15, -0.1) is 11.3 Å². The number of nitrogens with zero attached hydrogens (tertiary/aromatic N) is 2. The van der Waals surface area contributed by atoms with Crippen molar-refractivity contribution in [3.05, 3.63) is 16.1 Å². The molecule has 1 aliphatic heterocycles. The second kappa shape index (κ2) is 8.71. The molecule has 1 unspecified atom stereocenters. The Kier molecular flexibility index (Phi) is 6.64. The summed E-state index contributed by atoms with van der Waals surface area (Å²) in [4.78, 5) is 30.8. The number of likely N-dealkylation sites (tertiary alicyclic amines) is 1. The molecular weight excluding hydrogens is 316 g/mol. The number of carbonyl (C=O) groups is 2. The lowest BCUT2D eigenvalue weighted by Gasteiger charge is -2.35. The number of thiazole rings is 1. The number of amides is 3. The van der Waals surface area contributed by atoms with E-state index in [2.05, 4.69) is 15.6 Å². The second-order valence-corrected chi connectivity index (χ2v) is 6.47. The number of hydrogen-bond acceptors (Lipinski definition) is 5. The Morgan fingerprint density at radius 1 is 1.48 bits per heavy atom. The van der Waals surface area contributed by atoms with Crippen LogP contribution in [0.2, 0.25) is 0 Å². The van der Waals surface area contributed by atoms with Crippen molar-refractivity contribution in [1.82, 2.24) is 20.5 Å². The largest absolute Gasteiger partial charge is 0.447 e. The zero-order valence-electron chi connectivity index (χ0n) is 13.6. The van der Waals surface area contributed by atoms with Crippen molar-refractivity contribution in [3.63, 3.8) is 0 Å². The maximum Gasteiger partial charge on any atom is 0.406 e. The van der Waals surface area contributed by atoms with Gasteiger partial charge in [0.25, 0.3) is 0 Å². The van der Waals surface area contributed by atoms with Crippen molar-refractivity contribution in [2.75, 3.05) is 26.7 Å². The van der Waals surface area contributed by atoms with Gasteiger partial charge in [0.2, 0.25) is 0 Å². The number of urea groups is 1. The van der Waals surface area contributed by atoms with E-state index in [0.29, 0.717) is 13.1 Å². The molecular formula is C15H24N4O3S. The summed E-state index contributed by atoms with van der Waals surface area (Å²) in [5, 5.41) is 5.38. The predicted molar refractivity (Wildman–Crippen MR) is 88.7 cm³/mol. The van der Waals surface area contributed by atoms with Gasteiger partial charge < -0.3 is 20.3 Å². The Labute approximate surface area is 140 Å². The van der Waals surface area contributed by atoms with Crippen LogP contribution in [0.15, 0.2) is 5.51 Å². The van der Waals surface area contributed by atoms with Gasteiger partial charge in [-0.3, -0.25) is 0 Å². The molecule has 0 saturated carbocycles. The molecule has 2 rings (SSSR count). The van der Waals surface area contributed by atoms with Gasteiger partial charge in [-0.2, -0.15) is 0 Å². The fraction of sp³-hybridized carbons (Fsp3) is 0.667. The van der Waals surface area contributed by atoms with Crippen molar-refractivity contribution in [1.29, 1.82) is 0 Å². The summed E-state index contributed by atoms with van der Waals surface area (Å²) in [6.45, 7) is 3.50. The van der Waals surface area contributed by atoms with Crippen LogP contribution < -0.4 is 10.6 Å². The quantitative estimate of drug-likeness (QED) is 0.858. The minimum absolute atomic E-state index is 0.0498. The van der Waals surface area contributed by atoms with Crippen molar-refractivity contribution in [3.8, 4) is 0 Å². The van der Waals surface area contributed by atoms with Crippen LogP contribution in [0, 0.1) is 6.92 Å². The smallest absolute Gasteiger partial charge is 0.406 e. The lowest BCUT2D eigenvalue weighted by atomic mass is 10.0. The molecule has 2 N–H and O–H groups in total. The highest BCUT2D eigenvalue weighted by atomic mass is 32.1. The number of piperidine rings is 1. The van der Waals surface area contributed by atoms with Crippen LogP contribution in [0.4, 0.5) is 9.59 Å². The fourth-order valence-corrected chi connectivity index (χ4v) is 3.42. The summed E-state index contributed by atoms with van der Waals surface area (Å²) >= 11 is 1.61. The number of ether oxygens (including phenoxy) is 1. The molecule has 7 nitrogen and oxygen atoms in total. The van der Waals surface area contributed by atoms with E-state index in [-0.39, 0.29) is 18.7 Å². The Hall–Kier alpha value is -1.83. The molecule has 0 bridgehead atoms. The van der Waals surface area contributed by atoms with Gasteiger partial charge in [0.15, 0.2) is 0 Å². The highest BCUT2D eigenvalue weighted by Crippen LogP contribution is 2.18. The molecule has 0 spiro atoms. The zero-order chi connectivity index (χ0) is 16.7. The third-order valence-electron chi connectivity index (χ3n) is 3.97. The second-order valence-electron chi connectivity index (χ2n) is 5.53. The predicted octanol–water partition coefficient (Wildman–Crippen LogP) is 1.91. The maximum atomic E-state index is 12.4. The average Bonchev–Trinajstić information content (AvgIpc) is 2.98. The molecule has 0 radical (unpaired) electrons. The topological polar surface area (TPSA) is 83.6 Å². The third-order valence-corrected chi connectivity index (χ3v) is 4.97. The summed E-state index contributed by atoms with van der Waals surface area (Å²) in [5.74, 6) is 0. The van der Waals surface area contributed by atoms with Gasteiger partial charge in [0.1, 0.15) is 6.61 Å². The highest BCUT2D eigenvalue weighted by Gasteiger charge is 2.27. The number of carbonyl (C=O) groups excluding carboxylic acids is 2. The van der Waals surface area contributed by atoms with Gasteiger partial charge in [0.05, 0.1) is 17.2 Å². The monoisotopic (exact) mass is 340 g/mol. The molecule has 0 aromatic carbocycles. The molecule has 0 aliphatic carbocycles. The van der Waals surface area contributed by atoms with E-state index in [4.69, 9.17) is 4.74 Å². The van der Waals surface area contributed by atoms with Crippen LogP contribution in [0.25, 0.3) is 0 Å². The van der Waals surface area contributed by atoms with Gasteiger partial charge in [-0.05, 0) is 26.2 Å². The first-order valence-corrected chi connectivity index (χ1v) is 8.77. The average molecular weight is 340 g/mol. The third kappa shape index (κ3) is 5.09. The first kappa shape index (κ1) is 17.5. The SMILES string of the molecule is CNC(=O)OCC1CCCCN1C(=O)NCCc1scnc1C. The van der Waals surface area contributed by atoms with E-state index in [1.165, 1.54) is 11.9 Å². The summed E-state index contributed by atoms with van der Waals surface area (Å²) in [6, 6.07) is -0.136. The Balaban J connectivity index is 1.80. The summed E-state index contributed by atoms with van der Waals surface area (Å²) in [5.41, 5.74) is 2.85. The number of rotatable bonds is 5. The molecule has 1 saturated heterocycles. The minimum Gasteiger partial charge on any atom is -0.447 e. The number of alkyl carbamates (subject to hydrolysis) is 1. The lowest BCUT2D eigenvalue weighted by molar-refractivity contribution is 0.0840. The van der Waals surface area contributed by atoms with Crippen LogP contribution in [-0.4, -0.2) is 54.8 Å². The minimum atomic E-state index is -0.461. The molecule has 1 aliphatic rings. The van der Waals surface area contributed by atoms with Crippen LogP contribution in [0.1, 0.15) is 29.8 Å². The first-order valence-electron chi connectivity index (χ1n) is 7.89. The molecule has 1 fully saturated rings. The number of aryl methyl sites for hydroxylation is 1. The van der Waals surface area contributed by atoms with E-state index in [1.807, 2.05) is 12.4 Å². The highest BCUT2D eigenvalue weighted by molar-refractivity contribution is 7.09. The van der Waals surface area contributed by atoms with E-state index < -0.39 is 6.09 Å². The van der Waals surface area contributed by atoms with E-state index in [1.54, 1.807) is 16.2 Å². The van der Waals surface area contributed by atoms with Gasteiger partial charge in [0, 0.05) is 31.4 Å². The van der Waals surface area contributed by atoms with Crippen LogP contribution >= 0.6 is 11.3 Å². The standard InChI is InChI=1S/C15H24N4O3S/c1-11-13(23-10-18-11)6-7-17-14(20)19-8-4-3-5-12(19)9-22-15(21)16-2/h10,12H,3-9H2,1-2H3,(H,16,21)(H,17,20). The van der Waals surface area contributed by atoms with E-state index >= 15 is 0 Å². The number of nitrogens with one attached hydrogen (secondary N) is 2. The maximum absolute atomic E-state index is 12.4. The van der Waals surface area contributed by atoms with E-state index in [9.17, 15) is 9.59 Å². The van der Waals surface area contributed by atoms with Crippen LogP contribution in [0.5, 0.6) is 0 Å². The molecule has 128 valence electrons. The van der Waals surface area contributed by atoms with Crippen LogP contribution in [-0.2, 0) is 11.2 Å². The van der Waals surface area contributed by atoms with Gasteiger partial charge in [-0.1, -0.05) is 0 Å². The van der Waals surface area contributed by atoms with E-state index in [0.717, 1.165) is 31.4 Å². The molecule has 1 atom stereocenters. The molecule has 3 amide bonds. The molecule has 2 heterocycles. The normalized spacial score (nSPS) is 17.7. The van der Waals surface area contributed by atoms with Crippen LogP contribution in [0.3, 0.4) is 0 Å². The number of aromatic nitrogens is 1. The Bertz CT molecular complexity index is 535. The summed E-state index contributed by atoms with van der Waals surface area (Å²) < 4.78 is 5.11. The fourth-order valence-electron chi connectivity index (χ4n) is 2.64. The Morgan fingerprint density at radius 2 is 2.30 bits per heavy atom. The number of hydrogen-bond donors (Lipinski definition) is 2. The zero-order valence-corrected chi connectivity index (χ0v) is 14.4. The van der Waals surface area contributed by atoms with Gasteiger partial charge >= 0.3 is 12.1 Å².